The first kappa shape index (κ1) is 14.8. The highest BCUT2D eigenvalue weighted by molar-refractivity contribution is 5.97. The van der Waals surface area contributed by atoms with Gasteiger partial charge in [-0.25, -0.2) is 0 Å². The smallest absolute Gasteiger partial charge is 0.272 e. The van der Waals surface area contributed by atoms with Crippen molar-refractivity contribution >= 4 is 17.5 Å². The second kappa shape index (κ2) is 6.05. The molecule has 3 heterocycles. The Labute approximate surface area is 139 Å². The highest BCUT2D eigenvalue weighted by atomic mass is 16.5. The van der Waals surface area contributed by atoms with E-state index in [4.69, 9.17) is 4.74 Å². The van der Waals surface area contributed by atoms with Crippen LogP contribution >= 0.6 is 0 Å². The lowest BCUT2D eigenvalue weighted by molar-refractivity contribution is -0.130. The standard InChI is InChI=1S/C18H17N3O3/c22-17-12-24-16-11-20(18(23)14-8-4-5-9-19-14)10-15(16)21(17)13-6-2-1-3-7-13/h1-9,15-16H,10-12H2/t15-,16+/m1/s1. The van der Waals surface area contributed by atoms with Crippen LogP contribution < -0.4 is 4.90 Å². The van der Waals surface area contributed by atoms with Crippen LogP contribution in [0.5, 0.6) is 0 Å². The second-order valence-corrected chi connectivity index (χ2v) is 5.94. The number of morpholine rings is 1. The molecule has 0 unspecified atom stereocenters. The molecule has 2 saturated heterocycles. The van der Waals surface area contributed by atoms with Gasteiger partial charge >= 0.3 is 0 Å². The summed E-state index contributed by atoms with van der Waals surface area (Å²) in [7, 11) is 0. The number of aromatic nitrogens is 1. The first-order chi connectivity index (χ1) is 11.7. The molecule has 2 amide bonds. The van der Waals surface area contributed by atoms with E-state index >= 15 is 0 Å². The molecule has 2 aromatic rings. The van der Waals surface area contributed by atoms with Crippen molar-refractivity contribution in [2.24, 2.45) is 0 Å². The number of hydrogen-bond acceptors (Lipinski definition) is 4. The highest BCUT2D eigenvalue weighted by Gasteiger charge is 2.45. The van der Waals surface area contributed by atoms with Gasteiger partial charge in [0.15, 0.2) is 0 Å². The zero-order valence-electron chi connectivity index (χ0n) is 13.0. The summed E-state index contributed by atoms with van der Waals surface area (Å²) in [5.74, 6) is -0.205. The monoisotopic (exact) mass is 323 g/mol. The Morgan fingerprint density at radius 3 is 2.62 bits per heavy atom. The molecule has 0 saturated carbocycles. The van der Waals surface area contributed by atoms with E-state index in [2.05, 4.69) is 4.98 Å². The highest BCUT2D eigenvalue weighted by Crippen LogP contribution is 2.29. The number of amides is 2. The van der Waals surface area contributed by atoms with E-state index < -0.39 is 0 Å². The van der Waals surface area contributed by atoms with Gasteiger partial charge in [0.25, 0.3) is 11.8 Å². The number of carbonyl (C=O) groups is 2. The molecule has 4 rings (SSSR count). The molecule has 0 aliphatic carbocycles. The van der Waals surface area contributed by atoms with E-state index in [1.807, 2.05) is 30.3 Å². The molecule has 122 valence electrons. The topological polar surface area (TPSA) is 62.7 Å². The third-order valence-corrected chi connectivity index (χ3v) is 4.46. The van der Waals surface area contributed by atoms with Gasteiger partial charge in [-0.1, -0.05) is 24.3 Å². The number of likely N-dealkylation sites (tertiary alicyclic amines) is 1. The van der Waals surface area contributed by atoms with Gasteiger partial charge in [0, 0.05) is 25.0 Å². The molecule has 1 aromatic heterocycles. The molecule has 0 N–H and O–H groups in total. The van der Waals surface area contributed by atoms with Crippen molar-refractivity contribution in [3.05, 3.63) is 60.4 Å². The molecule has 1 aromatic carbocycles. The van der Waals surface area contributed by atoms with Crippen molar-refractivity contribution in [3.63, 3.8) is 0 Å². The van der Waals surface area contributed by atoms with E-state index in [1.54, 1.807) is 34.2 Å². The number of pyridine rings is 1. The van der Waals surface area contributed by atoms with Crippen LogP contribution in [0.15, 0.2) is 54.7 Å². The summed E-state index contributed by atoms with van der Waals surface area (Å²) in [6.07, 6.45) is 1.43. The van der Waals surface area contributed by atoms with Gasteiger partial charge in [0.1, 0.15) is 12.3 Å². The van der Waals surface area contributed by atoms with Gasteiger partial charge in [-0.15, -0.1) is 0 Å². The number of benzene rings is 1. The SMILES string of the molecule is O=C(c1ccccn1)N1C[C@@H]2OCC(=O)N(c3ccccc3)[C@@H]2C1. The van der Waals surface area contributed by atoms with E-state index in [-0.39, 0.29) is 30.6 Å². The molecule has 0 spiro atoms. The largest absolute Gasteiger partial charge is 0.364 e. The van der Waals surface area contributed by atoms with Crippen molar-refractivity contribution in [2.75, 3.05) is 24.6 Å². The Morgan fingerprint density at radius 1 is 1.08 bits per heavy atom. The molecule has 0 bridgehead atoms. The van der Waals surface area contributed by atoms with E-state index in [0.717, 1.165) is 5.69 Å². The molecular weight excluding hydrogens is 306 g/mol. The van der Waals surface area contributed by atoms with Gasteiger partial charge in [0.05, 0.1) is 12.1 Å². The Hall–Kier alpha value is -2.73. The predicted octanol–water partition coefficient (Wildman–Crippen LogP) is 1.34. The van der Waals surface area contributed by atoms with Crippen LogP contribution in [-0.4, -0.2) is 53.5 Å². The van der Waals surface area contributed by atoms with Crippen LogP contribution in [0.2, 0.25) is 0 Å². The minimum Gasteiger partial charge on any atom is -0.364 e. The number of para-hydroxylation sites is 1. The first-order valence-corrected chi connectivity index (χ1v) is 7.93. The maximum atomic E-state index is 12.6. The summed E-state index contributed by atoms with van der Waals surface area (Å²) >= 11 is 0. The normalized spacial score (nSPS) is 23.2. The molecular formula is C18H17N3O3. The third-order valence-electron chi connectivity index (χ3n) is 4.46. The third kappa shape index (κ3) is 2.55. The van der Waals surface area contributed by atoms with Crippen LogP contribution in [0.3, 0.4) is 0 Å². The number of fused-ring (bicyclic) bond motifs is 1. The Kier molecular flexibility index (Phi) is 3.74. The van der Waals surface area contributed by atoms with Gasteiger partial charge in [-0.3, -0.25) is 14.6 Å². The fraction of sp³-hybridized carbons (Fsp3) is 0.278. The minimum absolute atomic E-state index is 0.0433. The number of ether oxygens (including phenoxy) is 1. The van der Waals surface area contributed by atoms with Gasteiger partial charge in [0.2, 0.25) is 0 Å². The molecule has 2 fully saturated rings. The van der Waals surface area contributed by atoms with Crippen LogP contribution in [0, 0.1) is 0 Å². The average Bonchev–Trinajstić information content (AvgIpc) is 3.06. The number of carbonyl (C=O) groups excluding carboxylic acids is 2. The predicted molar refractivity (Wildman–Crippen MR) is 87.6 cm³/mol. The molecule has 2 aliphatic rings. The van der Waals surface area contributed by atoms with Crippen molar-refractivity contribution in [3.8, 4) is 0 Å². The number of anilines is 1. The van der Waals surface area contributed by atoms with Crippen molar-refractivity contribution in [1.82, 2.24) is 9.88 Å². The minimum atomic E-state index is -0.171. The lowest BCUT2D eigenvalue weighted by atomic mass is 10.1. The summed E-state index contributed by atoms with van der Waals surface area (Å²) in [6, 6.07) is 14.6. The van der Waals surface area contributed by atoms with Gasteiger partial charge in [-0.05, 0) is 24.3 Å². The molecule has 6 nitrogen and oxygen atoms in total. The van der Waals surface area contributed by atoms with Crippen LogP contribution in [0.1, 0.15) is 10.5 Å². The lowest BCUT2D eigenvalue weighted by Gasteiger charge is -2.36. The fourth-order valence-electron chi connectivity index (χ4n) is 3.34. The zero-order valence-corrected chi connectivity index (χ0v) is 13.0. The fourth-order valence-corrected chi connectivity index (χ4v) is 3.34. The van der Waals surface area contributed by atoms with Crippen LogP contribution in [-0.2, 0) is 9.53 Å². The van der Waals surface area contributed by atoms with Crippen molar-refractivity contribution in [2.45, 2.75) is 12.1 Å². The Morgan fingerprint density at radius 2 is 1.88 bits per heavy atom. The molecule has 24 heavy (non-hydrogen) atoms. The van der Waals surface area contributed by atoms with Gasteiger partial charge in [-0.2, -0.15) is 0 Å². The zero-order chi connectivity index (χ0) is 16.5. The summed E-state index contributed by atoms with van der Waals surface area (Å²) in [5, 5.41) is 0. The van der Waals surface area contributed by atoms with Crippen molar-refractivity contribution < 1.29 is 14.3 Å². The molecule has 0 radical (unpaired) electrons. The number of hydrogen-bond donors (Lipinski definition) is 0. The summed E-state index contributed by atoms with van der Waals surface area (Å²) in [6.45, 7) is 0.957. The van der Waals surface area contributed by atoms with Gasteiger partial charge < -0.3 is 14.5 Å². The van der Waals surface area contributed by atoms with Crippen LogP contribution in [0.25, 0.3) is 0 Å². The summed E-state index contributed by atoms with van der Waals surface area (Å²) < 4.78 is 5.68. The van der Waals surface area contributed by atoms with E-state index in [1.165, 1.54) is 0 Å². The number of rotatable bonds is 2. The first-order valence-electron chi connectivity index (χ1n) is 7.93. The quantitative estimate of drug-likeness (QED) is 0.837. The Balaban J connectivity index is 1.59. The second-order valence-electron chi connectivity index (χ2n) is 5.94. The Bertz CT molecular complexity index is 751. The summed E-state index contributed by atoms with van der Waals surface area (Å²) in [4.78, 5) is 32.6. The van der Waals surface area contributed by atoms with E-state index in [0.29, 0.717) is 18.8 Å². The number of nitrogens with zero attached hydrogens (tertiary/aromatic N) is 3. The molecule has 2 aliphatic heterocycles. The van der Waals surface area contributed by atoms with Crippen LogP contribution in [0.4, 0.5) is 5.69 Å². The maximum Gasteiger partial charge on any atom is 0.272 e. The molecule has 6 heteroatoms. The maximum absolute atomic E-state index is 12.6. The summed E-state index contributed by atoms with van der Waals surface area (Å²) in [5.41, 5.74) is 1.25. The average molecular weight is 323 g/mol. The molecule has 2 atom stereocenters. The van der Waals surface area contributed by atoms with Crippen molar-refractivity contribution in [1.29, 1.82) is 0 Å². The van der Waals surface area contributed by atoms with E-state index in [9.17, 15) is 9.59 Å². The lowest BCUT2D eigenvalue weighted by Crippen LogP contribution is -2.54.